The predicted octanol–water partition coefficient (Wildman–Crippen LogP) is 1.59. The molecule has 2 aliphatic rings. The van der Waals surface area contributed by atoms with Crippen molar-refractivity contribution in [3.05, 3.63) is 35.4 Å². The Morgan fingerprint density at radius 3 is 2.85 bits per heavy atom. The molecule has 108 valence electrons. The summed E-state index contributed by atoms with van der Waals surface area (Å²) in [5.41, 5.74) is 1.78. The van der Waals surface area contributed by atoms with Gasteiger partial charge in [0.15, 0.2) is 0 Å². The molecule has 2 fully saturated rings. The quantitative estimate of drug-likeness (QED) is 0.845. The minimum atomic E-state index is -0.170. The van der Waals surface area contributed by atoms with Crippen LogP contribution >= 0.6 is 0 Å². The smallest absolute Gasteiger partial charge is 0.253 e. The lowest BCUT2D eigenvalue weighted by atomic mass is 9.91. The van der Waals surface area contributed by atoms with Gasteiger partial charge >= 0.3 is 0 Å². The molecule has 1 aromatic rings. The molecule has 1 spiro atoms. The van der Waals surface area contributed by atoms with Crippen LogP contribution in [0.1, 0.15) is 28.8 Å². The van der Waals surface area contributed by atoms with Crippen molar-refractivity contribution < 1.29 is 9.53 Å². The molecule has 1 atom stereocenters. The normalized spacial score (nSPS) is 26.8. The number of piperidine rings is 1. The fourth-order valence-corrected chi connectivity index (χ4v) is 3.12. The average molecular weight is 274 g/mol. The first-order chi connectivity index (χ1) is 9.69. The summed E-state index contributed by atoms with van der Waals surface area (Å²) in [6.45, 7) is 6.07. The van der Waals surface area contributed by atoms with Gasteiger partial charge < -0.3 is 15.0 Å². The van der Waals surface area contributed by atoms with Gasteiger partial charge in [-0.3, -0.25) is 4.79 Å². The Hall–Kier alpha value is -1.39. The minimum Gasteiger partial charge on any atom is -0.370 e. The van der Waals surface area contributed by atoms with E-state index in [0.29, 0.717) is 6.54 Å². The monoisotopic (exact) mass is 274 g/mol. The summed E-state index contributed by atoms with van der Waals surface area (Å²) in [5, 5.41) is 3.39. The van der Waals surface area contributed by atoms with Crippen LogP contribution in [0.15, 0.2) is 24.3 Å². The van der Waals surface area contributed by atoms with E-state index in [4.69, 9.17) is 4.74 Å². The van der Waals surface area contributed by atoms with Gasteiger partial charge in [-0.15, -0.1) is 0 Å². The molecule has 2 aliphatic heterocycles. The highest BCUT2D eigenvalue weighted by molar-refractivity contribution is 5.94. The zero-order valence-electron chi connectivity index (χ0n) is 12.0. The molecule has 0 aromatic heterocycles. The van der Waals surface area contributed by atoms with Crippen molar-refractivity contribution in [1.29, 1.82) is 0 Å². The number of benzene rings is 1. The Balaban J connectivity index is 1.73. The highest BCUT2D eigenvalue weighted by atomic mass is 16.5. The van der Waals surface area contributed by atoms with Crippen LogP contribution in [0, 0.1) is 6.92 Å². The van der Waals surface area contributed by atoms with Crippen LogP contribution in [0.3, 0.4) is 0 Å². The first kappa shape index (κ1) is 13.6. The number of carbonyl (C=O) groups is 1. The summed E-state index contributed by atoms with van der Waals surface area (Å²) in [6, 6.07) is 7.81. The fraction of sp³-hybridized carbons (Fsp3) is 0.562. The van der Waals surface area contributed by atoms with E-state index in [2.05, 4.69) is 5.32 Å². The lowest BCUT2D eigenvalue weighted by molar-refractivity contribution is -0.0989. The molecular formula is C16H22N2O2. The second-order valence-electron chi connectivity index (χ2n) is 5.90. The van der Waals surface area contributed by atoms with Crippen molar-refractivity contribution in [2.75, 3.05) is 32.8 Å². The van der Waals surface area contributed by atoms with Crippen molar-refractivity contribution >= 4 is 5.91 Å². The van der Waals surface area contributed by atoms with Crippen LogP contribution in [-0.4, -0.2) is 49.2 Å². The Morgan fingerprint density at radius 2 is 2.15 bits per heavy atom. The largest absolute Gasteiger partial charge is 0.370 e. The summed E-state index contributed by atoms with van der Waals surface area (Å²) in [7, 11) is 0. The Morgan fingerprint density at radius 1 is 1.35 bits per heavy atom. The van der Waals surface area contributed by atoms with Crippen LogP contribution in [-0.2, 0) is 4.74 Å². The molecule has 1 aromatic carbocycles. The first-order valence-corrected chi connectivity index (χ1v) is 7.39. The van der Waals surface area contributed by atoms with E-state index in [0.717, 1.165) is 44.6 Å². The lowest BCUT2D eigenvalue weighted by Crippen LogP contribution is -2.59. The Labute approximate surface area is 120 Å². The molecule has 3 rings (SSSR count). The van der Waals surface area contributed by atoms with E-state index in [9.17, 15) is 4.79 Å². The number of ether oxygens (including phenoxy) is 1. The highest BCUT2D eigenvalue weighted by Gasteiger charge is 2.39. The number of rotatable bonds is 1. The summed E-state index contributed by atoms with van der Waals surface area (Å²) in [4.78, 5) is 14.5. The van der Waals surface area contributed by atoms with Crippen molar-refractivity contribution in [1.82, 2.24) is 10.2 Å². The number of hydrogen-bond donors (Lipinski definition) is 1. The number of carbonyl (C=O) groups excluding carboxylic acids is 1. The molecule has 4 heteroatoms. The van der Waals surface area contributed by atoms with Crippen molar-refractivity contribution in [2.45, 2.75) is 25.4 Å². The van der Waals surface area contributed by atoms with E-state index >= 15 is 0 Å². The van der Waals surface area contributed by atoms with E-state index in [1.54, 1.807) is 0 Å². The molecule has 0 unspecified atom stereocenters. The van der Waals surface area contributed by atoms with Crippen LogP contribution < -0.4 is 5.32 Å². The first-order valence-electron chi connectivity index (χ1n) is 7.39. The lowest BCUT2D eigenvalue weighted by Gasteiger charge is -2.45. The molecule has 0 radical (unpaired) electrons. The van der Waals surface area contributed by atoms with Gasteiger partial charge in [-0.2, -0.15) is 0 Å². The number of nitrogens with one attached hydrogen (secondary N) is 1. The second-order valence-corrected chi connectivity index (χ2v) is 5.90. The van der Waals surface area contributed by atoms with E-state index in [1.807, 2.05) is 36.1 Å². The number of likely N-dealkylation sites (tertiary alicyclic amines) is 1. The molecule has 2 saturated heterocycles. The predicted molar refractivity (Wildman–Crippen MR) is 77.9 cm³/mol. The third kappa shape index (κ3) is 2.72. The maximum atomic E-state index is 12.6. The van der Waals surface area contributed by atoms with Gasteiger partial charge in [-0.05, 0) is 31.9 Å². The fourth-order valence-electron chi connectivity index (χ4n) is 3.12. The Kier molecular flexibility index (Phi) is 3.76. The zero-order valence-corrected chi connectivity index (χ0v) is 12.0. The van der Waals surface area contributed by atoms with Gasteiger partial charge in [0.05, 0.1) is 18.8 Å². The maximum Gasteiger partial charge on any atom is 0.253 e. The van der Waals surface area contributed by atoms with Crippen molar-refractivity contribution in [3.8, 4) is 0 Å². The molecule has 2 heterocycles. The topological polar surface area (TPSA) is 41.6 Å². The van der Waals surface area contributed by atoms with Gasteiger partial charge in [-0.1, -0.05) is 17.7 Å². The Bertz CT molecular complexity index is 472. The second kappa shape index (κ2) is 5.54. The molecule has 20 heavy (non-hydrogen) atoms. The van der Waals surface area contributed by atoms with Gasteiger partial charge in [0, 0.05) is 25.2 Å². The SMILES string of the molecule is Cc1ccc(C(=O)N2CCC[C@]3(CNCCO3)C2)cc1. The number of aryl methyl sites for hydroxylation is 1. The highest BCUT2D eigenvalue weighted by Crippen LogP contribution is 2.27. The van der Waals surface area contributed by atoms with Crippen molar-refractivity contribution in [3.63, 3.8) is 0 Å². The van der Waals surface area contributed by atoms with Crippen LogP contribution in [0.25, 0.3) is 0 Å². The number of nitrogens with zero attached hydrogens (tertiary/aromatic N) is 1. The van der Waals surface area contributed by atoms with Crippen molar-refractivity contribution in [2.24, 2.45) is 0 Å². The van der Waals surface area contributed by atoms with E-state index < -0.39 is 0 Å². The summed E-state index contributed by atoms with van der Waals surface area (Å²) >= 11 is 0. The summed E-state index contributed by atoms with van der Waals surface area (Å²) in [5.74, 6) is 0.123. The molecule has 1 N–H and O–H groups in total. The molecule has 1 amide bonds. The molecule has 0 bridgehead atoms. The number of hydrogen-bond acceptors (Lipinski definition) is 3. The third-order valence-corrected chi connectivity index (χ3v) is 4.26. The summed E-state index contributed by atoms with van der Waals surface area (Å²) < 4.78 is 5.99. The molecule has 0 aliphatic carbocycles. The van der Waals surface area contributed by atoms with Gasteiger partial charge in [0.25, 0.3) is 5.91 Å². The van der Waals surface area contributed by atoms with Crippen LogP contribution in [0.5, 0.6) is 0 Å². The minimum absolute atomic E-state index is 0.123. The molecular weight excluding hydrogens is 252 g/mol. The average Bonchev–Trinajstić information content (AvgIpc) is 2.48. The van der Waals surface area contributed by atoms with E-state index in [1.165, 1.54) is 5.56 Å². The maximum absolute atomic E-state index is 12.6. The van der Waals surface area contributed by atoms with Gasteiger partial charge in [0.1, 0.15) is 0 Å². The number of amides is 1. The standard InChI is InChI=1S/C16H22N2O2/c1-13-3-5-14(6-4-13)15(19)18-9-2-7-16(12-18)11-17-8-10-20-16/h3-6,17H,2,7-12H2,1H3/t16-/m0/s1. The zero-order chi connectivity index (χ0) is 14.0. The third-order valence-electron chi connectivity index (χ3n) is 4.26. The van der Waals surface area contributed by atoms with Crippen LogP contribution in [0.2, 0.25) is 0 Å². The van der Waals surface area contributed by atoms with E-state index in [-0.39, 0.29) is 11.5 Å². The van der Waals surface area contributed by atoms with Crippen LogP contribution in [0.4, 0.5) is 0 Å². The van der Waals surface area contributed by atoms with Gasteiger partial charge in [-0.25, -0.2) is 0 Å². The number of morpholine rings is 1. The summed E-state index contributed by atoms with van der Waals surface area (Å²) in [6.07, 6.45) is 2.05. The molecule has 4 nitrogen and oxygen atoms in total. The molecule has 0 saturated carbocycles. The van der Waals surface area contributed by atoms with Gasteiger partial charge in [0.2, 0.25) is 0 Å².